The summed E-state index contributed by atoms with van der Waals surface area (Å²) in [7, 11) is 16.6. The van der Waals surface area contributed by atoms with E-state index in [4.69, 9.17) is 33.0 Å². The van der Waals surface area contributed by atoms with Crippen LogP contribution in [0.25, 0.3) is 0 Å². The zero-order valence-corrected chi connectivity index (χ0v) is 9.97. The maximum atomic E-state index is 12.2. The van der Waals surface area contributed by atoms with Gasteiger partial charge >= 0.3 is 0 Å². The van der Waals surface area contributed by atoms with Crippen molar-refractivity contribution in [1.29, 1.82) is 0 Å². The van der Waals surface area contributed by atoms with E-state index in [0.29, 0.717) is 17.1 Å². The third-order valence-corrected chi connectivity index (χ3v) is 2.57. The summed E-state index contributed by atoms with van der Waals surface area (Å²) in [4.78, 5) is 12.2. The fourth-order valence-corrected chi connectivity index (χ4v) is 1.75. The summed E-state index contributed by atoms with van der Waals surface area (Å²) in [6, 6.07) is 4.86. The number of nitrogens with one attached hydrogen (secondary N) is 1. The first-order chi connectivity index (χ1) is 8.40. The van der Waals surface area contributed by atoms with Gasteiger partial charge in [-0.05, 0) is 25.1 Å². The maximum absolute atomic E-state index is 12.2. The van der Waals surface area contributed by atoms with Crippen LogP contribution in [0.5, 0.6) is 11.5 Å². The number of carbonyl (C=O) groups is 1. The van der Waals surface area contributed by atoms with E-state index in [9.17, 15) is 4.79 Å². The van der Waals surface area contributed by atoms with Crippen molar-refractivity contribution in [3.8, 4) is 11.5 Å². The number of ketones is 1. The van der Waals surface area contributed by atoms with Gasteiger partial charge in [0.25, 0.3) is 0 Å². The molecule has 6 radical (unpaired) electrons. The van der Waals surface area contributed by atoms with Crippen molar-refractivity contribution in [3.05, 3.63) is 23.8 Å². The number of fused-ring (bicyclic) bond motifs is 1. The molecule has 4 nitrogen and oxygen atoms in total. The Morgan fingerprint density at radius 1 is 1.39 bits per heavy atom. The minimum absolute atomic E-state index is 0.152. The second-order valence-corrected chi connectivity index (χ2v) is 4.27. The van der Waals surface area contributed by atoms with Crippen molar-refractivity contribution in [1.82, 2.24) is 5.32 Å². The first-order valence-electron chi connectivity index (χ1n) is 5.42. The highest BCUT2D eigenvalue weighted by Crippen LogP contribution is 2.33. The summed E-state index contributed by atoms with van der Waals surface area (Å²) >= 11 is 0. The van der Waals surface area contributed by atoms with Gasteiger partial charge in [-0.15, -0.1) is 0 Å². The molecule has 0 spiro atoms. The molecule has 0 bridgehead atoms. The highest BCUT2D eigenvalue weighted by molar-refractivity contribution is 6.38. The van der Waals surface area contributed by atoms with E-state index in [-0.39, 0.29) is 12.6 Å². The summed E-state index contributed by atoms with van der Waals surface area (Å²) < 4.78 is 10.4. The Balaban J connectivity index is 2.23. The Kier molecular flexibility index (Phi) is 3.44. The van der Waals surface area contributed by atoms with Crippen LogP contribution in [-0.2, 0) is 0 Å². The summed E-state index contributed by atoms with van der Waals surface area (Å²) in [6.07, 6.45) is 0. The van der Waals surface area contributed by atoms with E-state index < -0.39 is 11.3 Å². The van der Waals surface area contributed by atoms with Crippen molar-refractivity contribution >= 4 is 29.3 Å². The molecule has 0 aliphatic carbocycles. The van der Waals surface area contributed by atoms with E-state index in [2.05, 4.69) is 5.32 Å². The predicted molar refractivity (Wildman–Crippen MR) is 69.5 cm³/mol. The molecule has 0 saturated heterocycles. The number of hydrogen-bond donors (Lipinski definition) is 1. The first kappa shape index (κ1) is 13.1. The minimum Gasteiger partial charge on any atom is -0.454 e. The number of hydrogen-bond acceptors (Lipinski definition) is 4. The zero-order valence-electron chi connectivity index (χ0n) is 9.97. The molecule has 0 aromatic heterocycles. The Morgan fingerprint density at radius 3 is 2.72 bits per heavy atom. The second-order valence-electron chi connectivity index (χ2n) is 4.27. The van der Waals surface area contributed by atoms with Gasteiger partial charge in [0.2, 0.25) is 6.79 Å². The van der Waals surface area contributed by atoms with Gasteiger partial charge in [0.15, 0.2) is 17.3 Å². The standard InChI is InChI=1S/C11H10B3NO3/c1-11(14,15-10(12)13)9(16)6-2-3-7-8(4-6)18-5-17-7/h2-4,10,15H,5H2,1H3. The van der Waals surface area contributed by atoms with Crippen molar-refractivity contribution in [2.45, 2.75) is 18.2 Å². The maximum Gasteiger partial charge on any atom is 0.231 e. The van der Waals surface area contributed by atoms with Gasteiger partial charge in [-0.2, -0.15) is 0 Å². The van der Waals surface area contributed by atoms with Gasteiger partial charge in [0, 0.05) is 11.0 Å². The summed E-state index contributed by atoms with van der Waals surface area (Å²) in [5.74, 6) is -0.0814. The van der Waals surface area contributed by atoms with Crippen LogP contribution in [0, 0.1) is 0 Å². The average molecular weight is 237 g/mol. The third kappa shape index (κ3) is 2.56. The molecule has 1 atom stereocenters. The lowest BCUT2D eigenvalue weighted by atomic mass is 9.69. The Labute approximate surface area is 110 Å². The van der Waals surface area contributed by atoms with E-state index >= 15 is 0 Å². The zero-order chi connectivity index (χ0) is 13.3. The number of Topliss-reactive ketones (excluding diaryl/α,β-unsaturated/α-hetero) is 1. The van der Waals surface area contributed by atoms with E-state index in [1.807, 2.05) is 0 Å². The minimum atomic E-state index is -1.35. The number of ether oxygens (including phenoxy) is 2. The van der Waals surface area contributed by atoms with E-state index in [1.54, 1.807) is 18.2 Å². The molecule has 1 N–H and O–H groups in total. The van der Waals surface area contributed by atoms with Gasteiger partial charge in [0.1, 0.15) is 7.85 Å². The molecule has 0 saturated carbocycles. The number of rotatable bonds is 4. The monoisotopic (exact) mass is 237 g/mol. The molecule has 1 aliphatic heterocycles. The van der Waals surface area contributed by atoms with Crippen LogP contribution in [0.2, 0.25) is 0 Å². The van der Waals surface area contributed by atoms with Gasteiger partial charge < -0.3 is 14.8 Å². The van der Waals surface area contributed by atoms with Crippen molar-refractivity contribution in [2.24, 2.45) is 0 Å². The molecule has 0 fully saturated rings. The van der Waals surface area contributed by atoms with Crippen LogP contribution < -0.4 is 14.8 Å². The molecule has 86 valence electrons. The van der Waals surface area contributed by atoms with Gasteiger partial charge in [0.05, 0.1) is 15.7 Å². The molecule has 1 aromatic carbocycles. The highest BCUT2D eigenvalue weighted by Gasteiger charge is 2.29. The van der Waals surface area contributed by atoms with Gasteiger partial charge in [-0.1, -0.05) is 5.84 Å². The van der Waals surface area contributed by atoms with Crippen molar-refractivity contribution < 1.29 is 14.3 Å². The third-order valence-electron chi connectivity index (χ3n) is 2.57. The van der Waals surface area contributed by atoms with E-state index in [1.165, 1.54) is 6.92 Å². The smallest absolute Gasteiger partial charge is 0.231 e. The number of benzene rings is 1. The van der Waals surface area contributed by atoms with Crippen molar-refractivity contribution in [2.75, 3.05) is 6.79 Å². The molecule has 0 amide bonds. The lowest BCUT2D eigenvalue weighted by Crippen LogP contribution is -2.54. The van der Waals surface area contributed by atoms with Crippen LogP contribution in [0.15, 0.2) is 18.2 Å². The Hall–Kier alpha value is -1.36. The summed E-state index contributed by atoms with van der Waals surface area (Å²) in [5.41, 5.74) is -0.945. The molecular weight excluding hydrogens is 227 g/mol. The topological polar surface area (TPSA) is 47.6 Å². The lowest BCUT2D eigenvalue weighted by molar-refractivity contribution is 0.0928. The molecule has 1 aliphatic rings. The van der Waals surface area contributed by atoms with Crippen LogP contribution in [0.4, 0.5) is 0 Å². The van der Waals surface area contributed by atoms with E-state index in [0.717, 1.165) is 0 Å². The molecule has 1 unspecified atom stereocenters. The Bertz CT molecular complexity index is 477. The van der Waals surface area contributed by atoms with Crippen LogP contribution in [0.3, 0.4) is 0 Å². The molecular formula is C11H10B3NO3. The normalized spacial score (nSPS) is 16.6. The Morgan fingerprint density at radius 2 is 2.06 bits per heavy atom. The number of carbonyl (C=O) groups excluding carboxylic acids is 1. The molecule has 18 heavy (non-hydrogen) atoms. The van der Waals surface area contributed by atoms with Crippen LogP contribution >= 0.6 is 0 Å². The summed E-state index contributed by atoms with van der Waals surface area (Å²) in [5, 5.41) is 2.60. The molecule has 1 heterocycles. The van der Waals surface area contributed by atoms with Gasteiger partial charge in [-0.25, -0.2) is 0 Å². The lowest BCUT2D eigenvalue weighted by Gasteiger charge is -2.28. The predicted octanol–water partition coefficient (Wildman–Crippen LogP) is -0.307. The van der Waals surface area contributed by atoms with Crippen LogP contribution in [0.1, 0.15) is 17.3 Å². The summed E-state index contributed by atoms with van der Waals surface area (Å²) in [6.45, 7) is 1.66. The fourth-order valence-electron chi connectivity index (χ4n) is 1.75. The quantitative estimate of drug-likeness (QED) is 0.576. The highest BCUT2D eigenvalue weighted by atomic mass is 16.7. The molecule has 7 heteroatoms. The van der Waals surface area contributed by atoms with Crippen molar-refractivity contribution in [3.63, 3.8) is 0 Å². The largest absolute Gasteiger partial charge is 0.454 e. The second kappa shape index (κ2) is 4.73. The SMILES string of the molecule is [B]C([B])NC([B])(C)C(=O)c1ccc2c(c1)OCO2. The average Bonchev–Trinajstić information content (AvgIpc) is 2.72. The molecule has 2 rings (SSSR count). The van der Waals surface area contributed by atoms with Crippen LogP contribution in [-0.4, -0.2) is 47.4 Å². The fraction of sp³-hybridized carbons (Fsp3) is 0.364. The van der Waals surface area contributed by atoms with Gasteiger partial charge in [-0.3, -0.25) is 4.79 Å². The molecule has 1 aromatic rings. The first-order valence-corrected chi connectivity index (χ1v) is 5.42.